The molecule has 1 aromatic heterocycles. The minimum absolute atomic E-state index is 0.228. The van der Waals surface area contributed by atoms with Gasteiger partial charge in [-0.25, -0.2) is 14.8 Å². The molecule has 4 nitrogen and oxygen atoms in total. The summed E-state index contributed by atoms with van der Waals surface area (Å²) in [7, 11) is 1.26. The summed E-state index contributed by atoms with van der Waals surface area (Å²) in [6, 6.07) is 0. The highest BCUT2D eigenvalue weighted by Crippen LogP contribution is 2.15. The molecule has 0 saturated heterocycles. The number of aromatic nitrogens is 2. The molecule has 0 aromatic carbocycles. The van der Waals surface area contributed by atoms with Crippen molar-refractivity contribution in [3.05, 3.63) is 16.9 Å². The lowest BCUT2D eigenvalue weighted by Crippen LogP contribution is -1.95. The van der Waals surface area contributed by atoms with Gasteiger partial charge in [-0.2, -0.15) is 0 Å². The first-order valence-corrected chi connectivity index (χ1v) is 5.44. The summed E-state index contributed by atoms with van der Waals surface area (Å²) >= 11 is 7.19. The molecule has 6 heteroatoms. The maximum atomic E-state index is 10.7. The van der Waals surface area contributed by atoms with Gasteiger partial charge in [0.2, 0.25) is 0 Å². The van der Waals surface area contributed by atoms with Crippen LogP contribution in [0.25, 0.3) is 0 Å². The second-order valence-corrected chi connectivity index (χ2v) is 3.43. The van der Waals surface area contributed by atoms with Gasteiger partial charge in [0.1, 0.15) is 5.15 Å². The first-order valence-electron chi connectivity index (χ1n) is 3.84. The molecule has 0 bridgehead atoms. The Hall–Kier alpha value is -1.25. The van der Waals surface area contributed by atoms with E-state index < -0.39 is 5.97 Å². The monoisotopic (exact) mass is 242 g/mol. The molecule has 0 radical (unpaired) electrons. The molecular weight excluding hydrogens is 236 g/mol. The quantitative estimate of drug-likeness (QED) is 0.245. The third-order valence-corrected chi connectivity index (χ3v) is 2.24. The van der Waals surface area contributed by atoms with E-state index in [0.717, 1.165) is 0 Å². The third-order valence-electron chi connectivity index (χ3n) is 1.39. The van der Waals surface area contributed by atoms with Crippen molar-refractivity contribution in [2.45, 2.75) is 5.16 Å². The van der Waals surface area contributed by atoms with Crippen LogP contribution in [0.5, 0.6) is 0 Å². The zero-order chi connectivity index (χ0) is 11.3. The van der Waals surface area contributed by atoms with E-state index >= 15 is 0 Å². The molecule has 78 valence electrons. The normalized spacial score (nSPS) is 9.00. The Labute approximate surface area is 96.4 Å². The molecule has 15 heavy (non-hydrogen) atoms. The summed E-state index contributed by atoms with van der Waals surface area (Å²) in [5, 5.41) is 0.786. The molecule has 0 N–H and O–H groups in total. The van der Waals surface area contributed by atoms with E-state index in [-0.39, 0.29) is 5.15 Å². The molecule has 0 aliphatic carbocycles. The summed E-state index contributed by atoms with van der Waals surface area (Å²) in [5.41, 5.74) is 0.403. The van der Waals surface area contributed by atoms with Crippen molar-refractivity contribution in [3.63, 3.8) is 0 Å². The van der Waals surface area contributed by atoms with Gasteiger partial charge in [0.05, 0.1) is 12.7 Å². The lowest BCUT2D eigenvalue weighted by molar-refractivity contribution is -0.133. The summed E-state index contributed by atoms with van der Waals surface area (Å²) in [5.74, 6) is 4.14. The van der Waals surface area contributed by atoms with Crippen LogP contribution in [0.15, 0.2) is 11.4 Å². The average molecular weight is 243 g/mol. The standard InChI is InChI=1S/C9H7ClN2O2S/c1-14-7(13)4-3-6-5-11-9(15-2)12-8(6)10/h5H,1-2H3. The number of ether oxygens (including phenoxy) is 1. The van der Waals surface area contributed by atoms with Crippen molar-refractivity contribution in [1.82, 2.24) is 9.97 Å². The molecule has 0 amide bonds. The van der Waals surface area contributed by atoms with Crippen LogP contribution in [0.1, 0.15) is 5.56 Å². The Morgan fingerprint density at radius 3 is 2.93 bits per heavy atom. The number of esters is 1. The minimum Gasteiger partial charge on any atom is -0.459 e. The molecule has 0 spiro atoms. The first kappa shape index (κ1) is 11.8. The zero-order valence-electron chi connectivity index (χ0n) is 8.07. The van der Waals surface area contributed by atoms with E-state index in [0.29, 0.717) is 10.7 Å². The molecule has 0 atom stereocenters. The maximum Gasteiger partial charge on any atom is 0.384 e. The van der Waals surface area contributed by atoms with Crippen molar-refractivity contribution in [3.8, 4) is 11.8 Å². The van der Waals surface area contributed by atoms with Crippen LogP contribution in [0.2, 0.25) is 5.15 Å². The van der Waals surface area contributed by atoms with E-state index in [2.05, 4.69) is 26.5 Å². The van der Waals surface area contributed by atoms with Crippen LogP contribution in [0, 0.1) is 11.8 Å². The summed E-state index contributed by atoms with van der Waals surface area (Å²) in [6.07, 6.45) is 3.31. The topological polar surface area (TPSA) is 52.1 Å². The van der Waals surface area contributed by atoms with Gasteiger partial charge in [-0.15, -0.1) is 0 Å². The van der Waals surface area contributed by atoms with Crippen LogP contribution < -0.4 is 0 Å². The number of thioether (sulfide) groups is 1. The third kappa shape index (κ3) is 3.42. The Balaban J connectivity index is 2.95. The highest BCUT2D eigenvalue weighted by molar-refractivity contribution is 7.98. The number of carbonyl (C=O) groups excluding carboxylic acids is 1. The number of hydrogen-bond donors (Lipinski definition) is 0. The molecule has 0 unspecified atom stereocenters. The number of rotatable bonds is 1. The van der Waals surface area contributed by atoms with E-state index in [4.69, 9.17) is 11.6 Å². The fourth-order valence-electron chi connectivity index (χ4n) is 0.698. The van der Waals surface area contributed by atoms with Crippen molar-refractivity contribution in [2.24, 2.45) is 0 Å². The van der Waals surface area contributed by atoms with Gasteiger partial charge < -0.3 is 4.74 Å². The maximum absolute atomic E-state index is 10.7. The molecule has 0 aliphatic heterocycles. The van der Waals surface area contributed by atoms with E-state index in [9.17, 15) is 4.79 Å². The SMILES string of the molecule is COC(=O)C#Cc1cnc(SC)nc1Cl. The number of hydrogen-bond acceptors (Lipinski definition) is 5. The van der Waals surface area contributed by atoms with Gasteiger partial charge in [0, 0.05) is 12.1 Å². The zero-order valence-corrected chi connectivity index (χ0v) is 9.65. The molecule has 1 aromatic rings. The number of nitrogens with zero attached hydrogens (tertiary/aromatic N) is 2. The Morgan fingerprint density at radius 2 is 2.40 bits per heavy atom. The smallest absolute Gasteiger partial charge is 0.384 e. The second kappa shape index (κ2) is 5.59. The molecule has 1 heterocycles. The van der Waals surface area contributed by atoms with E-state index in [1.807, 2.05) is 6.26 Å². The van der Waals surface area contributed by atoms with E-state index in [1.165, 1.54) is 25.1 Å². The van der Waals surface area contributed by atoms with Gasteiger partial charge in [-0.3, -0.25) is 0 Å². The van der Waals surface area contributed by atoms with Crippen LogP contribution in [0.4, 0.5) is 0 Å². The summed E-state index contributed by atoms with van der Waals surface area (Å²) in [4.78, 5) is 18.7. The van der Waals surface area contributed by atoms with Crippen LogP contribution in [0.3, 0.4) is 0 Å². The van der Waals surface area contributed by atoms with Crippen molar-refractivity contribution in [1.29, 1.82) is 0 Å². The predicted octanol–water partition coefficient (Wildman–Crippen LogP) is 1.38. The first-order chi connectivity index (χ1) is 7.17. The molecular formula is C9H7ClN2O2S. The summed E-state index contributed by atoms with van der Waals surface area (Å²) < 4.78 is 4.36. The highest BCUT2D eigenvalue weighted by Gasteiger charge is 2.02. The lowest BCUT2D eigenvalue weighted by atomic mass is 10.3. The van der Waals surface area contributed by atoms with Gasteiger partial charge in [-0.05, 0) is 6.26 Å². The average Bonchev–Trinajstić information content (AvgIpc) is 2.26. The highest BCUT2D eigenvalue weighted by atomic mass is 35.5. The van der Waals surface area contributed by atoms with Crippen molar-refractivity contribution in [2.75, 3.05) is 13.4 Å². The van der Waals surface area contributed by atoms with Crippen LogP contribution in [-0.4, -0.2) is 29.3 Å². The van der Waals surface area contributed by atoms with Crippen LogP contribution in [-0.2, 0) is 9.53 Å². The Kier molecular flexibility index (Phi) is 4.40. The number of carbonyl (C=O) groups is 1. The van der Waals surface area contributed by atoms with Gasteiger partial charge in [0.15, 0.2) is 5.16 Å². The van der Waals surface area contributed by atoms with Gasteiger partial charge in [0.25, 0.3) is 0 Å². The fourth-order valence-corrected chi connectivity index (χ4v) is 1.26. The molecule has 0 aliphatic rings. The van der Waals surface area contributed by atoms with Crippen molar-refractivity contribution >= 4 is 29.3 Å². The largest absolute Gasteiger partial charge is 0.459 e. The van der Waals surface area contributed by atoms with Gasteiger partial charge in [-0.1, -0.05) is 29.3 Å². The fraction of sp³-hybridized carbons (Fsp3) is 0.222. The molecule has 0 fully saturated rings. The number of methoxy groups -OCH3 is 1. The van der Waals surface area contributed by atoms with Gasteiger partial charge >= 0.3 is 5.97 Å². The van der Waals surface area contributed by atoms with Crippen molar-refractivity contribution < 1.29 is 9.53 Å². The molecule has 1 rings (SSSR count). The Morgan fingerprint density at radius 1 is 1.67 bits per heavy atom. The second-order valence-electron chi connectivity index (χ2n) is 2.30. The Bertz CT molecular complexity index is 439. The predicted molar refractivity (Wildman–Crippen MR) is 57.7 cm³/mol. The molecule has 0 saturated carbocycles. The number of halogens is 1. The minimum atomic E-state index is -0.625. The summed E-state index contributed by atoms with van der Waals surface area (Å²) in [6.45, 7) is 0. The van der Waals surface area contributed by atoms with E-state index in [1.54, 1.807) is 0 Å². The van der Waals surface area contributed by atoms with Crippen LogP contribution >= 0.6 is 23.4 Å². The lowest BCUT2D eigenvalue weighted by Gasteiger charge is -1.96.